The number of fused-ring (bicyclic) bond motifs is 1. The van der Waals surface area contributed by atoms with Crippen LogP contribution in [0.2, 0.25) is 0 Å². The third-order valence-corrected chi connectivity index (χ3v) is 6.48. The molecule has 0 bridgehead atoms. The van der Waals surface area contributed by atoms with Gasteiger partial charge < -0.3 is 10.5 Å². The Hall–Kier alpha value is -3.85. The molecule has 4 N–H and O–H groups in total. The molecule has 13 heteroatoms. The highest BCUT2D eigenvalue weighted by molar-refractivity contribution is 7.94. The third-order valence-electron chi connectivity index (χ3n) is 5.03. The first kappa shape index (κ1) is 26.2. The van der Waals surface area contributed by atoms with Crippen LogP contribution in [-0.4, -0.2) is 24.6 Å². The van der Waals surface area contributed by atoms with Crippen molar-refractivity contribution in [1.29, 1.82) is 0 Å². The summed E-state index contributed by atoms with van der Waals surface area (Å²) in [7, 11) is -4.57. The average Bonchev–Trinajstić information content (AvgIpc) is 2.86. The van der Waals surface area contributed by atoms with E-state index in [1.165, 1.54) is 18.5 Å². The molecule has 0 unspecified atom stereocenters. The van der Waals surface area contributed by atoms with E-state index in [1.54, 1.807) is 54.6 Å². The molecule has 37 heavy (non-hydrogen) atoms. The summed E-state index contributed by atoms with van der Waals surface area (Å²) in [6.45, 7) is 1.90. The highest BCUT2D eigenvalue weighted by Crippen LogP contribution is 2.33. The number of azo groups is 1. The Balaban J connectivity index is 1.47. The first-order chi connectivity index (χ1) is 17.7. The van der Waals surface area contributed by atoms with Crippen LogP contribution in [-0.2, 0) is 19.5 Å². The normalized spacial score (nSPS) is 12.1. The summed E-state index contributed by atoms with van der Waals surface area (Å²) in [5.74, 6) is 0.499. The number of rotatable bonds is 9. The van der Waals surface area contributed by atoms with Crippen molar-refractivity contribution in [2.45, 2.75) is 16.7 Å². The lowest BCUT2D eigenvalue weighted by atomic mass is 10.1. The number of ether oxygens (including phenoxy) is 1. The monoisotopic (exact) mass is 540 g/mol. The van der Waals surface area contributed by atoms with Crippen molar-refractivity contribution in [3.8, 4) is 5.75 Å². The molecule has 0 heterocycles. The molecule has 4 aromatic carbocycles. The Morgan fingerprint density at radius 1 is 0.946 bits per heavy atom. The molecule has 0 aliphatic carbocycles. The number of nitrogens with two attached hydrogens (primary N) is 1. The van der Waals surface area contributed by atoms with Gasteiger partial charge in [0, 0.05) is 16.0 Å². The van der Waals surface area contributed by atoms with Crippen LogP contribution in [0.15, 0.2) is 97.8 Å². The van der Waals surface area contributed by atoms with Crippen LogP contribution in [0.25, 0.3) is 10.8 Å². The zero-order valence-corrected chi connectivity index (χ0v) is 20.8. The van der Waals surface area contributed by atoms with E-state index in [9.17, 15) is 13.0 Å². The summed E-state index contributed by atoms with van der Waals surface area (Å²) in [6, 6.07) is 19.7. The second kappa shape index (κ2) is 11.5. The smallest absolute Gasteiger partial charge is 0.295 e. The Morgan fingerprint density at radius 2 is 1.70 bits per heavy atom. The molecule has 0 aliphatic heterocycles. The minimum absolute atomic E-state index is 0.234. The van der Waals surface area contributed by atoms with Gasteiger partial charge in [-0.3, -0.25) is 4.55 Å². The van der Waals surface area contributed by atoms with Crippen LogP contribution in [0, 0.1) is 6.92 Å². The predicted molar refractivity (Wildman–Crippen MR) is 139 cm³/mol. The molecule has 190 valence electrons. The van der Waals surface area contributed by atoms with Crippen LogP contribution in [0.1, 0.15) is 5.56 Å². The minimum atomic E-state index is -4.57. The quantitative estimate of drug-likeness (QED) is 0.0311. The first-order valence-corrected chi connectivity index (χ1v) is 12.7. The summed E-state index contributed by atoms with van der Waals surface area (Å²) in [5.41, 5.74) is 9.06. The molecule has 11 nitrogen and oxygen atoms in total. The number of aryl methyl sites for hydroxylation is 1. The van der Waals surface area contributed by atoms with Crippen LogP contribution in [0.5, 0.6) is 5.75 Å². The predicted octanol–water partition coefficient (Wildman–Crippen LogP) is 6.56. The lowest BCUT2D eigenvalue weighted by molar-refractivity contribution is -0.432. The molecule has 0 atom stereocenters. The fraction of sp³-hybridized carbons (Fsp3) is 0.0417. The summed E-state index contributed by atoms with van der Waals surface area (Å²) < 4.78 is 43.4. The number of hydrogen-bond donors (Lipinski definition) is 3. The molecule has 0 fully saturated rings. The Bertz CT molecular complexity index is 1590. The van der Waals surface area contributed by atoms with Gasteiger partial charge in [0.15, 0.2) is 6.40 Å². The van der Waals surface area contributed by atoms with E-state index in [0.29, 0.717) is 40.2 Å². The number of anilines is 1. The van der Waals surface area contributed by atoms with Gasteiger partial charge in [-0.25, -0.2) is 10.2 Å². The molecule has 0 spiro atoms. The van der Waals surface area contributed by atoms with Crippen LogP contribution in [0.3, 0.4) is 0 Å². The summed E-state index contributed by atoms with van der Waals surface area (Å²) in [4.78, 5) is 4.13. The van der Waals surface area contributed by atoms with Gasteiger partial charge in [-0.2, -0.15) is 18.6 Å². The van der Waals surface area contributed by atoms with Crippen molar-refractivity contribution >= 4 is 62.1 Å². The molecule has 0 saturated carbocycles. The van der Waals surface area contributed by atoms with Crippen molar-refractivity contribution in [1.82, 2.24) is 0 Å². The number of nitrogen functional groups attached to an aromatic ring is 1. The minimum Gasteiger partial charge on any atom is -0.446 e. The second-order valence-corrected chi connectivity index (χ2v) is 9.78. The van der Waals surface area contributed by atoms with Crippen molar-refractivity contribution in [2.75, 3.05) is 5.73 Å². The number of benzene rings is 4. The van der Waals surface area contributed by atoms with Crippen molar-refractivity contribution < 1.29 is 32.3 Å². The van der Waals surface area contributed by atoms with Crippen LogP contribution >= 0.6 is 12.0 Å². The van der Waals surface area contributed by atoms with Crippen molar-refractivity contribution in [3.63, 3.8) is 0 Å². The zero-order chi connectivity index (χ0) is 26.4. The molecule has 0 amide bonds. The lowest BCUT2D eigenvalue weighted by Gasteiger charge is -2.08. The second-order valence-electron chi connectivity index (χ2n) is 7.62. The van der Waals surface area contributed by atoms with Gasteiger partial charge in [-0.1, -0.05) is 11.1 Å². The fourth-order valence-electron chi connectivity index (χ4n) is 3.32. The van der Waals surface area contributed by atoms with Gasteiger partial charge in [0.25, 0.3) is 10.1 Å². The molecule has 0 saturated heterocycles. The van der Waals surface area contributed by atoms with E-state index in [1.807, 2.05) is 13.0 Å². The Kier molecular flexibility index (Phi) is 8.13. The van der Waals surface area contributed by atoms with E-state index >= 15 is 0 Å². The van der Waals surface area contributed by atoms with Crippen molar-refractivity contribution in [2.24, 2.45) is 15.2 Å². The maximum atomic E-state index is 11.9. The number of nitrogens with zero attached hydrogens (tertiary/aromatic N) is 3. The Labute approximate surface area is 216 Å². The SMILES string of the molecule is Cc1cc(N)ccc1N=Nc1ccc(OC=Nc2ccc3cc(SOOO)cc(S(=O)(=O)O)c3c2)cc1. The summed E-state index contributed by atoms with van der Waals surface area (Å²) in [6.07, 6.45) is 1.21. The van der Waals surface area contributed by atoms with Gasteiger partial charge in [0.2, 0.25) is 0 Å². The van der Waals surface area contributed by atoms with Crippen molar-refractivity contribution in [3.05, 3.63) is 78.4 Å². The molecular formula is C24H20N4O7S2. The maximum Gasteiger partial charge on any atom is 0.295 e. The van der Waals surface area contributed by atoms with Gasteiger partial charge in [-0.15, -0.1) is 4.33 Å². The number of hydrogen-bond acceptors (Lipinski definition) is 11. The highest BCUT2D eigenvalue weighted by atomic mass is 32.2. The molecule has 4 rings (SSSR count). The molecule has 0 radical (unpaired) electrons. The van der Waals surface area contributed by atoms with E-state index in [2.05, 4.69) is 24.6 Å². The number of aliphatic imine (C=N–C) groups is 1. The van der Waals surface area contributed by atoms with Crippen LogP contribution < -0.4 is 10.5 Å². The molecule has 0 aromatic heterocycles. The van der Waals surface area contributed by atoms with Gasteiger partial charge in [0.05, 0.1) is 29.1 Å². The first-order valence-electron chi connectivity index (χ1n) is 10.5. The van der Waals surface area contributed by atoms with Crippen LogP contribution in [0.4, 0.5) is 22.7 Å². The van der Waals surface area contributed by atoms with E-state index in [4.69, 9.17) is 15.7 Å². The van der Waals surface area contributed by atoms with Gasteiger partial charge >= 0.3 is 0 Å². The topological polar surface area (TPSA) is 165 Å². The third kappa shape index (κ3) is 6.89. The maximum absolute atomic E-state index is 11.9. The zero-order valence-electron chi connectivity index (χ0n) is 19.2. The summed E-state index contributed by atoms with van der Waals surface area (Å²) in [5, 5.41) is 21.0. The van der Waals surface area contributed by atoms with Gasteiger partial charge in [0.1, 0.15) is 10.6 Å². The molecule has 0 aliphatic rings. The summed E-state index contributed by atoms with van der Waals surface area (Å²) >= 11 is 0.570. The lowest BCUT2D eigenvalue weighted by Crippen LogP contribution is -1.99. The van der Waals surface area contributed by atoms with E-state index in [-0.39, 0.29) is 15.2 Å². The Morgan fingerprint density at radius 3 is 2.41 bits per heavy atom. The van der Waals surface area contributed by atoms with E-state index in [0.717, 1.165) is 11.3 Å². The molecule has 4 aromatic rings. The highest BCUT2D eigenvalue weighted by Gasteiger charge is 2.17. The standard InChI is InChI=1S/C24H20N4O7S2/c1-15-10-17(25)3-9-23(15)28-27-18-5-7-20(8-6-18)33-14-26-19-4-2-16-11-21(36-35-34-29)13-24(22(16)12-19)37(30,31)32/h2-14,29H,25H2,1H3,(H,30,31,32). The molecular weight excluding hydrogens is 520 g/mol. The fourth-order valence-corrected chi connectivity index (χ4v) is 4.58. The van der Waals surface area contributed by atoms with Gasteiger partial charge in [-0.05, 0) is 84.6 Å². The largest absolute Gasteiger partial charge is 0.446 e. The van der Waals surface area contributed by atoms with E-state index < -0.39 is 10.1 Å². The average molecular weight is 541 g/mol.